The summed E-state index contributed by atoms with van der Waals surface area (Å²) in [6.07, 6.45) is 4.35. The summed E-state index contributed by atoms with van der Waals surface area (Å²) in [4.78, 5) is 4.08. The maximum Gasteiger partial charge on any atom is 0.181 e. The molecule has 1 heterocycles. The predicted molar refractivity (Wildman–Crippen MR) is 66.9 cm³/mol. The van der Waals surface area contributed by atoms with Crippen LogP contribution in [0.4, 0.5) is 0 Å². The molecule has 2 rings (SSSR count). The van der Waals surface area contributed by atoms with Crippen LogP contribution in [0.3, 0.4) is 0 Å². The van der Waals surface area contributed by atoms with Crippen molar-refractivity contribution in [3.8, 4) is 0 Å². The average molecular weight is 234 g/mol. The van der Waals surface area contributed by atoms with Gasteiger partial charge < -0.3 is 14.8 Å². The zero-order chi connectivity index (χ0) is 11.9. The Balaban J connectivity index is 1.75. The molecule has 0 fully saturated rings. The highest BCUT2D eigenvalue weighted by molar-refractivity contribution is 5.72. The van der Waals surface area contributed by atoms with E-state index in [0.29, 0.717) is 0 Å². The molecule has 1 aromatic carbocycles. The van der Waals surface area contributed by atoms with Crippen LogP contribution >= 0.6 is 0 Å². The lowest BCUT2D eigenvalue weighted by Gasteiger charge is -2.04. The number of aliphatic hydroxyl groups is 1. The fraction of sp³-hybridized carbons (Fsp3) is 0.462. The number of nitrogens with zero attached hydrogens (tertiary/aromatic N) is 1. The van der Waals surface area contributed by atoms with E-state index in [1.165, 1.54) is 12.0 Å². The predicted octanol–water partition coefficient (Wildman–Crippen LogP) is 1.73. The monoisotopic (exact) mass is 234 g/mol. The fourth-order valence-electron chi connectivity index (χ4n) is 1.77. The summed E-state index contributed by atoms with van der Waals surface area (Å²) in [5, 5.41) is 12.0. The summed E-state index contributed by atoms with van der Waals surface area (Å²) in [6, 6.07) is 6.11. The third-order valence-corrected chi connectivity index (χ3v) is 2.75. The summed E-state index contributed by atoms with van der Waals surface area (Å²) in [7, 11) is 0. The normalized spacial score (nSPS) is 11.1. The molecule has 1 aromatic heterocycles. The molecule has 0 amide bonds. The van der Waals surface area contributed by atoms with Crippen LogP contribution < -0.4 is 5.32 Å². The molecule has 92 valence electrons. The lowest BCUT2D eigenvalue weighted by atomic mass is 10.1. The minimum absolute atomic E-state index is 0.282. The molecular weight excluding hydrogens is 216 g/mol. The number of nitrogens with one attached hydrogen (secondary N) is 1. The minimum Gasteiger partial charge on any atom is -0.443 e. The van der Waals surface area contributed by atoms with Gasteiger partial charge in [0.25, 0.3) is 0 Å². The SMILES string of the molecule is OCCCCNCCc1ccc2ncoc2c1. The van der Waals surface area contributed by atoms with Crippen LogP contribution in [-0.4, -0.2) is 29.8 Å². The molecule has 4 nitrogen and oxygen atoms in total. The van der Waals surface area contributed by atoms with E-state index in [1.54, 1.807) is 0 Å². The smallest absolute Gasteiger partial charge is 0.181 e. The van der Waals surface area contributed by atoms with E-state index in [0.717, 1.165) is 43.5 Å². The number of fused-ring (bicyclic) bond motifs is 1. The average Bonchev–Trinajstić information content (AvgIpc) is 2.81. The Hall–Kier alpha value is -1.39. The first-order valence-corrected chi connectivity index (χ1v) is 6.04. The van der Waals surface area contributed by atoms with Gasteiger partial charge in [-0.25, -0.2) is 4.98 Å². The summed E-state index contributed by atoms with van der Waals surface area (Å²) >= 11 is 0. The molecule has 17 heavy (non-hydrogen) atoms. The molecule has 0 atom stereocenters. The second-order valence-corrected chi connectivity index (χ2v) is 4.09. The van der Waals surface area contributed by atoms with Crippen molar-refractivity contribution in [3.05, 3.63) is 30.2 Å². The van der Waals surface area contributed by atoms with Gasteiger partial charge in [0.05, 0.1) is 0 Å². The molecule has 0 aliphatic heterocycles. The van der Waals surface area contributed by atoms with Crippen molar-refractivity contribution in [2.75, 3.05) is 19.7 Å². The quantitative estimate of drug-likeness (QED) is 0.716. The van der Waals surface area contributed by atoms with Crippen molar-refractivity contribution in [2.24, 2.45) is 0 Å². The molecule has 0 aliphatic carbocycles. The lowest BCUT2D eigenvalue weighted by Crippen LogP contribution is -2.18. The second kappa shape index (κ2) is 6.37. The maximum absolute atomic E-state index is 8.64. The number of benzene rings is 1. The van der Waals surface area contributed by atoms with Crippen molar-refractivity contribution >= 4 is 11.1 Å². The summed E-state index contributed by atoms with van der Waals surface area (Å²) in [5.74, 6) is 0. The Labute approximate surface area is 101 Å². The van der Waals surface area contributed by atoms with Crippen LogP contribution in [0.5, 0.6) is 0 Å². The van der Waals surface area contributed by atoms with Gasteiger partial charge in [-0.05, 0) is 50.0 Å². The van der Waals surface area contributed by atoms with Gasteiger partial charge in [-0.1, -0.05) is 6.07 Å². The zero-order valence-corrected chi connectivity index (χ0v) is 9.85. The number of rotatable bonds is 7. The topological polar surface area (TPSA) is 58.3 Å². The van der Waals surface area contributed by atoms with E-state index < -0.39 is 0 Å². The molecular formula is C13H18N2O2. The Morgan fingerprint density at radius 2 is 2.18 bits per heavy atom. The Kier molecular flexibility index (Phi) is 4.53. The van der Waals surface area contributed by atoms with Gasteiger partial charge in [-0.3, -0.25) is 0 Å². The third kappa shape index (κ3) is 3.54. The Bertz CT molecular complexity index is 453. The van der Waals surface area contributed by atoms with Crippen LogP contribution in [0.25, 0.3) is 11.1 Å². The van der Waals surface area contributed by atoms with Gasteiger partial charge >= 0.3 is 0 Å². The standard InChI is InChI=1S/C13H18N2O2/c16-8-2-1-6-14-7-5-11-3-4-12-13(9-11)17-10-15-12/h3-4,9-10,14,16H,1-2,5-8H2. The highest BCUT2D eigenvalue weighted by Crippen LogP contribution is 2.14. The minimum atomic E-state index is 0.282. The summed E-state index contributed by atoms with van der Waals surface area (Å²) in [6.45, 7) is 2.19. The van der Waals surface area contributed by atoms with Gasteiger partial charge in [-0.2, -0.15) is 0 Å². The van der Waals surface area contributed by atoms with Crippen molar-refractivity contribution in [3.63, 3.8) is 0 Å². The van der Waals surface area contributed by atoms with Gasteiger partial charge in [0, 0.05) is 6.61 Å². The molecule has 0 radical (unpaired) electrons. The molecule has 4 heteroatoms. The number of unbranched alkanes of at least 4 members (excludes halogenated alkanes) is 1. The van der Waals surface area contributed by atoms with Crippen molar-refractivity contribution in [2.45, 2.75) is 19.3 Å². The number of hydrogen-bond acceptors (Lipinski definition) is 4. The van der Waals surface area contributed by atoms with Crippen molar-refractivity contribution in [1.82, 2.24) is 10.3 Å². The molecule has 0 saturated carbocycles. The first-order valence-electron chi connectivity index (χ1n) is 6.04. The summed E-state index contributed by atoms with van der Waals surface area (Å²) in [5.41, 5.74) is 3.01. The Morgan fingerprint density at radius 3 is 3.06 bits per heavy atom. The zero-order valence-electron chi connectivity index (χ0n) is 9.85. The van der Waals surface area contributed by atoms with E-state index in [4.69, 9.17) is 9.52 Å². The second-order valence-electron chi connectivity index (χ2n) is 4.09. The first kappa shape index (κ1) is 12.1. The van der Waals surface area contributed by atoms with Crippen molar-refractivity contribution in [1.29, 1.82) is 0 Å². The molecule has 0 unspecified atom stereocenters. The van der Waals surface area contributed by atoms with E-state index >= 15 is 0 Å². The Morgan fingerprint density at radius 1 is 1.24 bits per heavy atom. The first-order chi connectivity index (χ1) is 8.40. The van der Waals surface area contributed by atoms with Crippen LogP contribution in [0, 0.1) is 0 Å². The molecule has 0 saturated heterocycles. The highest BCUT2D eigenvalue weighted by atomic mass is 16.3. The molecule has 2 N–H and O–H groups in total. The van der Waals surface area contributed by atoms with Gasteiger partial charge in [0.1, 0.15) is 5.52 Å². The van der Waals surface area contributed by atoms with E-state index in [9.17, 15) is 0 Å². The van der Waals surface area contributed by atoms with E-state index in [2.05, 4.69) is 16.4 Å². The lowest BCUT2D eigenvalue weighted by molar-refractivity contribution is 0.284. The van der Waals surface area contributed by atoms with Crippen LogP contribution in [-0.2, 0) is 6.42 Å². The molecule has 0 aliphatic rings. The van der Waals surface area contributed by atoms with Crippen LogP contribution in [0.1, 0.15) is 18.4 Å². The molecule has 0 bridgehead atoms. The molecule has 2 aromatic rings. The van der Waals surface area contributed by atoms with E-state index in [-0.39, 0.29) is 6.61 Å². The number of aromatic nitrogens is 1. The van der Waals surface area contributed by atoms with Crippen molar-refractivity contribution < 1.29 is 9.52 Å². The highest BCUT2D eigenvalue weighted by Gasteiger charge is 1.99. The number of hydrogen-bond donors (Lipinski definition) is 2. The third-order valence-electron chi connectivity index (χ3n) is 2.75. The number of oxazole rings is 1. The molecule has 0 spiro atoms. The number of aliphatic hydroxyl groups excluding tert-OH is 1. The van der Waals surface area contributed by atoms with Crippen LogP contribution in [0.15, 0.2) is 29.0 Å². The summed E-state index contributed by atoms with van der Waals surface area (Å²) < 4.78 is 5.26. The fourth-order valence-corrected chi connectivity index (χ4v) is 1.77. The van der Waals surface area contributed by atoms with Gasteiger partial charge in [-0.15, -0.1) is 0 Å². The van der Waals surface area contributed by atoms with Gasteiger partial charge in [0.2, 0.25) is 0 Å². The maximum atomic E-state index is 8.64. The van der Waals surface area contributed by atoms with Gasteiger partial charge in [0.15, 0.2) is 12.0 Å². The largest absolute Gasteiger partial charge is 0.443 e. The van der Waals surface area contributed by atoms with E-state index in [1.807, 2.05) is 12.1 Å². The van der Waals surface area contributed by atoms with Crippen LogP contribution in [0.2, 0.25) is 0 Å².